The number of nitrogens with one attached hydrogen (secondary N) is 3. The Morgan fingerprint density at radius 2 is 2.00 bits per heavy atom. The summed E-state index contributed by atoms with van der Waals surface area (Å²) in [5.74, 6) is 2.94. The van der Waals surface area contributed by atoms with Crippen molar-refractivity contribution in [2.24, 2.45) is 0 Å². The van der Waals surface area contributed by atoms with Crippen molar-refractivity contribution >= 4 is 5.91 Å². The molecule has 1 aromatic carbocycles. The van der Waals surface area contributed by atoms with Crippen LogP contribution in [0.25, 0.3) is 0 Å². The maximum Gasteiger partial charge on any atom is 0.238 e. The number of hydrogen-bond acceptors (Lipinski definition) is 6. The third-order valence-electron chi connectivity index (χ3n) is 4.24. The summed E-state index contributed by atoms with van der Waals surface area (Å²) in [6.07, 6.45) is 0.630. The van der Waals surface area contributed by atoms with Crippen molar-refractivity contribution in [1.82, 2.24) is 16.2 Å². The molecular formula is C18H23N3O4. The Kier molecular flexibility index (Phi) is 5.25. The molecule has 3 N–H and O–H groups in total. The van der Waals surface area contributed by atoms with E-state index >= 15 is 0 Å². The highest BCUT2D eigenvalue weighted by Gasteiger charge is 2.31. The number of aryl methyl sites for hydroxylation is 1. The van der Waals surface area contributed by atoms with Gasteiger partial charge >= 0.3 is 0 Å². The van der Waals surface area contributed by atoms with Gasteiger partial charge in [-0.15, -0.1) is 0 Å². The Labute approximate surface area is 146 Å². The fourth-order valence-electron chi connectivity index (χ4n) is 2.86. The summed E-state index contributed by atoms with van der Waals surface area (Å²) in [6.45, 7) is 2.32. The average Bonchev–Trinajstić information content (AvgIpc) is 3.28. The lowest BCUT2D eigenvalue weighted by Gasteiger charge is -2.12. The summed E-state index contributed by atoms with van der Waals surface area (Å²) in [5.41, 5.74) is 7.07. The molecule has 1 aromatic heterocycles. The van der Waals surface area contributed by atoms with Crippen molar-refractivity contribution < 1.29 is 18.7 Å². The Balaban J connectivity index is 1.55. The molecule has 1 aliphatic heterocycles. The number of carbonyl (C=O) groups excluding carboxylic acids is 1. The van der Waals surface area contributed by atoms with E-state index in [1.165, 1.54) is 0 Å². The third kappa shape index (κ3) is 3.94. The molecule has 1 fully saturated rings. The average molecular weight is 345 g/mol. The summed E-state index contributed by atoms with van der Waals surface area (Å²) in [7, 11) is 3.18. The standard InChI is InChI=1S/C18H23N3O4/c1-11-4-6-15(25-11)13-9-14(21-20-13)18(22)19-10-12-5-7-16(23-2)17(8-12)24-3/h4-8,13-14,20-21H,9-10H2,1-3H3,(H,19,22). The van der Waals surface area contributed by atoms with E-state index in [2.05, 4.69) is 16.2 Å². The number of benzene rings is 1. The monoisotopic (exact) mass is 345 g/mol. The maximum atomic E-state index is 12.4. The van der Waals surface area contributed by atoms with Crippen LogP contribution in [0.5, 0.6) is 11.5 Å². The van der Waals surface area contributed by atoms with Gasteiger partial charge in [0, 0.05) is 6.54 Å². The van der Waals surface area contributed by atoms with E-state index in [4.69, 9.17) is 13.9 Å². The van der Waals surface area contributed by atoms with Gasteiger partial charge in [-0.05, 0) is 43.2 Å². The highest BCUT2D eigenvalue weighted by atomic mass is 16.5. The Morgan fingerprint density at radius 1 is 1.20 bits per heavy atom. The highest BCUT2D eigenvalue weighted by Crippen LogP contribution is 2.27. The van der Waals surface area contributed by atoms with E-state index in [0.29, 0.717) is 24.5 Å². The second-order valence-corrected chi connectivity index (χ2v) is 5.99. The highest BCUT2D eigenvalue weighted by molar-refractivity contribution is 5.82. The minimum Gasteiger partial charge on any atom is -0.493 e. The van der Waals surface area contributed by atoms with Crippen molar-refractivity contribution in [3.63, 3.8) is 0 Å². The van der Waals surface area contributed by atoms with Crippen molar-refractivity contribution in [2.75, 3.05) is 14.2 Å². The normalized spacial score (nSPS) is 19.6. The van der Waals surface area contributed by atoms with E-state index in [0.717, 1.165) is 17.1 Å². The van der Waals surface area contributed by atoms with E-state index in [9.17, 15) is 4.79 Å². The first-order valence-electron chi connectivity index (χ1n) is 8.16. The minimum atomic E-state index is -0.310. The predicted molar refractivity (Wildman–Crippen MR) is 92.3 cm³/mol. The topological polar surface area (TPSA) is 84.8 Å². The molecule has 25 heavy (non-hydrogen) atoms. The number of carbonyl (C=O) groups is 1. The third-order valence-corrected chi connectivity index (χ3v) is 4.24. The maximum absolute atomic E-state index is 12.4. The van der Waals surface area contributed by atoms with Crippen molar-refractivity contribution in [3.05, 3.63) is 47.4 Å². The van der Waals surface area contributed by atoms with Crippen LogP contribution >= 0.6 is 0 Å². The van der Waals surface area contributed by atoms with Crippen LogP contribution in [0, 0.1) is 6.92 Å². The molecule has 2 unspecified atom stereocenters. The SMILES string of the molecule is COc1ccc(CNC(=O)C2CC(c3ccc(C)o3)NN2)cc1OC. The van der Waals surface area contributed by atoms with Gasteiger partial charge in [0.2, 0.25) is 5.91 Å². The van der Waals surface area contributed by atoms with Crippen LogP contribution in [0.2, 0.25) is 0 Å². The Hall–Kier alpha value is -2.51. The van der Waals surface area contributed by atoms with Gasteiger partial charge in [0.05, 0.1) is 20.3 Å². The van der Waals surface area contributed by atoms with Gasteiger partial charge < -0.3 is 19.2 Å². The van der Waals surface area contributed by atoms with Crippen molar-refractivity contribution in [3.8, 4) is 11.5 Å². The first kappa shape index (κ1) is 17.3. The van der Waals surface area contributed by atoms with Crippen molar-refractivity contribution in [1.29, 1.82) is 0 Å². The molecule has 1 aliphatic rings. The van der Waals surface area contributed by atoms with Gasteiger partial charge in [-0.1, -0.05) is 6.07 Å². The largest absolute Gasteiger partial charge is 0.493 e. The smallest absolute Gasteiger partial charge is 0.238 e. The molecular weight excluding hydrogens is 322 g/mol. The number of rotatable bonds is 6. The van der Waals surface area contributed by atoms with Crippen LogP contribution in [-0.2, 0) is 11.3 Å². The molecule has 2 aromatic rings. The van der Waals surface area contributed by atoms with Gasteiger partial charge in [0.1, 0.15) is 17.6 Å². The molecule has 0 spiro atoms. The van der Waals surface area contributed by atoms with Crippen LogP contribution in [-0.4, -0.2) is 26.2 Å². The van der Waals surface area contributed by atoms with E-state index in [-0.39, 0.29) is 18.0 Å². The zero-order valence-corrected chi connectivity index (χ0v) is 14.6. The quantitative estimate of drug-likeness (QED) is 0.741. The van der Waals surface area contributed by atoms with Gasteiger partial charge in [-0.2, -0.15) is 0 Å². The zero-order chi connectivity index (χ0) is 17.8. The Morgan fingerprint density at radius 3 is 2.68 bits per heavy atom. The molecule has 1 amide bonds. The van der Waals surface area contributed by atoms with Crippen LogP contribution in [0.1, 0.15) is 29.5 Å². The zero-order valence-electron chi connectivity index (χ0n) is 14.6. The second kappa shape index (κ2) is 7.58. The molecule has 2 heterocycles. The van der Waals surface area contributed by atoms with Gasteiger partial charge in [0.25, 0.3) is 0 Å². The lowest BCUT2D eigenvalue weighted by atomic mass is 10.1. The fourth-order valence-corrected chi connectivity index (χ4v) is 2.86. The summed E-state index contributed by atoms with van der Waals surface area (Å²) < 4.78 is 16.1. The summed E-state index contributed by atoms with van der Waals surface area (Å²) in [6, 6.07) is 9.11. The second-order valence-electron chi connectivity index (χ2n) is 5.99. The lowest BCUT2D eigenvalue weighted by Crippen LogP contribution is -2.42. The number of amides is 1. The van der Waals surface area contributed by atoms with E-state index in [1.807, 2.05) is 37.3 Å². The van der Waals surface area contributed by atoms with Crippen LogP contribution in [0.4, 0.5) is 0 Å². The summed E-state index contributed by atoms with van der Waals surface area (Å²) in [5, 5.41) is 2.94. The molecule has 0 aliphatic carbocycles. The molecule has 134 valence electrons. The first-order chi connectivity index (χ1) is 12.1. The molecule has 7 heteroatoms. The van der Waals surface area contributed by atoms with Gasteiger partial charge in [-0.25, -0.2) is 10.9 Å². The first-order valence-corrected chi connectivity index (χ1v) is 8.16. The molecule has 2 atom stereocenters. The van der Waals surface area contributed by atoms with Crippen molar-refractivity contribution in [2.45, 2.75) is 32.0 Å². The number of hydrazine groups is 1. The number of methoxy groups -OCH3 is 2. The van der Waals surface area contributed by atoms with Crippen LogP contribution < -0.4 is 25.6 Å². The van der Waals surface area contributed by atoms with Crippen LogP contribution in [0.15, 0.2) is 34.7 Å². The van der Waals surface area contributed by atoms with E-state index < -0.39 is 0 Å². The molecule has 0 radical (unpaired) electrons. The molecule has 0 saturated carbocycles. The predicted octanol–water partition coefficient (Wildman–Crippen LogP) is 1.83. The van der Waals surface area contributed by atoms with Gasteiger partial charge in [0.15, 0.2) is 11.5 Å². The molecule has 0 bridgehead atoms. The van der Waals surface area contributed by atoms with Crippen LogP contribution in [0.3, 0.4) is 0 Å². The summed E-state index contributed by atoms with van der Waals surface area (Å²) >= 11 is 0. The number of hydrogen-bond donors (Lipinski definition) is 3. The molecule has 7 nitrogen and oxygen atoms in total. The summed E-state index contributed by atoms with van der Waals surface area (Å²) in [4.78, 5) is 12.4. The lowest BCUT2D eigenvalue weighted by molar-refractivity contribution is -0.123. The number of furan rings is 1. The van der Waals surface area contributed by atoms with Gasteiger partial charge in [-0.3, -0.25) is 4.79 Å². The molecule has 3 rings (SSSR count). The number of ether oxygens (including phenoxy) is 2. The fraction of sp³-hybridized carbons (Fsp3) is 0.389. The van der Waals surface area contributed by atoms with E-state index in [1.54, 1.807) is 14.2 Å². The minimum absolute atomic E-state index is 0.00877. The Bertz CT molecular complexity index is 744. The molecule has 1 saturated heterocycles.